The molecule has 0 fully saturated rings. The van der Waals surface area contributed by atoms with Crippen LogP contribution in [0.5, 0.6) is 11.5 Å². The molecule has 0 atom stereocenters. The Labute approximate surface area is 112 Å². The molecule has 2 aromatic rings. The third-order valence-electron chi connectivity index (χ3n) is 2.24. The van der Waals surface area contributed by atoms with E-state index in [2.05, 4.69) is 15.9 Å². The van der Waals surface area contributed by atoms with Gasteiger partial charge in [0.05, 0.1) is 0 Å². The molecule has 0 aliphatic heterocycles. The highest BCUT2D eigenvalue weighted by molar-refractivity contribution is 9.10. The summed E-state index contributed by atoms with van der Waals surface area (Å²) in [5.41, 5.74) is 6.39. The van der Waals surface area contributed by atoms with E-state index in [-0.39, 0.29) is 5.75 Å². The van der Waals surface area contributed by atoms with E-state index < -0.39 is 11.6 Å². The maximum absolute atomic E-state index is 13.0. The summed E-state index contributed by atoms with van der Waals surface area (Å²) in [6.07, 6.45) is 0. The number of rotatable bonds is 3. The number of benzene rings is 2. The molecule has 0 heterocycles. The van der Waals surface area contributed by atoms with Crippen molar-refractivity contribution in [1.29, 1.82) is 0 Å². The summed E-state index contributed by atoms with van der Waals surface area (Å²) in [7, 11) is 0. The van der Waals surface area contributed by atoms with Crippen LogP contribution >= 0.6 is 15.9 Å². The second-order valence-corrected chi connectivity index (χ2v) is 4.62. The molecule has 5 heteroatoms. The van der Waals surface area contributed by atoms with E-state index in [1.165, 1.54) is 0 Å². The molecule has 0 unspecified atom stereocenters. The summed E-state index contributed by atoms with van der Waals surface area (Å²) in [5, 5.41) is 0. The monoisotopic (exact) mass is 313 g/mol. The summed E-state index contributed by atoms with van der Waals surface area (Å²) >= 11 is 3.31. The van der Waals surface area contributed by atoms with Gasteiger partial charge in [-0.05, 0) is 23.8 Å². The molecular formula is C13H10BrF2NO. The van der Waals surface area contributed by atoms with Gasteiger partial charge in [-0.1, -0.05) is 15.9 Å². The molecule has 0 aromatic heterocycles. The highest BCUT2D eigenvalue weighted by Gasteiger charge is 2.05. The summed E-state index contributed by atoms with van der Waals surface area (Å²) in [6.45, 7) is 0.354. The van der Waals surface area contributed by atoms with Crippen LogP contribution in [0.1, 0.15) is 5.56 Å². The molecule has 18 heavy (non-hydrogen) atoms. The zero-order chi connectivity index (χ0) is 13.1. The van der Waals surface area contributed by atoms with Crippen LogP contribution in [-0.4, -0.2) is 0 Å². The molecule has 0 radical (unpaired) electrons. The van der Waals surface area contributed by atoms with Gasteiger partial charge < -0.3 is 10.5 Å². The fourth-order valence-electron chi connectivity index (χ4n) is 1.52. The number of nitrogens with two attached hydrogens (primary N) is 1. The molecule has 94 valence electrons. The summed E-state index contributed by atoms with van der Waals surface area (Å²) < 4.78 is 32.2. The molecule has 0 bridgehead atoms. The van der Waals surface area contributed by atoms with Crippen LogP contribution in [0, 0.1) is 11.6 Å². The lowest BCUT2D eigenvalue weighted by Gasteiger charge is -2.08. The van der Waals surface area contributed by atoms with Crippen LogP contribution in [-0.2, 0) is 6.54 Å². The van der Waals surface area contributed by atoms with Crippen LogP contribution in [0.25, 0.3) is 0 Å². The van der Waals surface area contributed by atoms with E-state index in [0.717, 1.165) is 28.2 Å². The Hall–Kier alpha value is -1.46. The normalized spacial score (nSPS) is 10.4. The Morgan fingerprint density at radius 3 is 2.17 bits per heavy atom. The molecule has 0 saturated carbocycles. The maximum atomic E-state index is 13.0. The molecule has 0 aliphatic carbocycles. The minimum atomic E-state index is -0.681. The zero-order valence-corrected chi connectivity index (χ0v) is 10.9. The predicted molar refractivity (Wildman–Crippen MR) is 68.5 cm³/mol. The fraction of sp³-hybridized carbons (Fsp3) is 0.0769. The van der Waals surface area contributed by atoms with Crippen molar-refractivity contribution in [2.45, 2.75) is 6.54 Å². The first-order chi connectivity index (χ1) is 8.56. The van der Waals surface area contributed by atoms with Crippen LogP contribution in [0.3, 0.4) is 0 Å². The van der Waals surface area contributed by atoms with E-state index in [0.29, 0.717) is 12.3 Å². The first kappa shape index (κ1) is 13.0. The highest BCUT2D eigenvalue weighted by Crippen LogP contribution is 2.27. The standard InChI is InChI=1S/C13H10BrF2NO/c14-9-1-8(7-17)2-12(3-9)18-13-5-10(15)4-11(16)6-13/h1-6H,7,17H2. The zero-order valence-electron chi connectivity index (χ0n) is 9.29. The first-order valence-corrected chi connectivity index (χ1v) is 5.99. The van der Waals surface area contributed by atoms with Crippen molar-refractivity contribution in [2.24, 2.45) is 5.73 Å². The lowest BCUT2D eigenvalue weighted by atomic mass is 10.2. The van der Waals surface area contributed by atoms with Gasteiger partial charge in [-0.15, -0.1) is 0 Å². The minimum Gasteiger partial charge on any atom is -0.457 e. The van der Waals surface area contributed by atoms with E-state index in [1.54, 1.807) is 12.1 Å². The van der Waals surface area contributed by atoms with Gasteiger partial charge in [0.1, 0.15) is 23.1 Å². The first-order valence-electron chi connectivity index (χ1n) is 5.20. The maximum Gasteiger partial charge on any atom is 0.133 e. The highest BCUT2D eigenvalue weighted by atomic mass is 79.9. The average Bonchev–Trinajstić information content (AvgIpc) is 2.26. The van der Waals surface area contributed by atoms with Crippen LogP contribution in [0.2, 0.25) is 0 Å². The quantitative estimate of drug-likeness (QED) is 0.930. The lowest BCUT2D eigenvalue weighted by molar-refractivity contribution is 0.467. The van der Waals surface area contributed by atoms with Gasteiger partial charge in [-0.25, -0.2) is 8.78 Å². The molecular weight excluding hydrogens is 304 g/mol. The van der Waals surface area contributed by atoms with Crippen LogP contribution in [0.4, 0.5) is 8.78 Å². The van der Waals surface area contributed by atoms with Crippen molar-refractivity contribution in [3.8, 4) is 11.5 Å². The number of halogens is 3. The Balaban J connectivity index is 2.30. The fourth-order valence-corrected chi connectivity index (χ4v) is 2.04. The minimum absolute atomic E-state index is 0.105. The largest absolute Gasteiger partial charge is 0.457 e. The molecule has 0 spiro atoms. The molecule has 2 N–H and O–H groups in total. The van der Waals surface area contributed by atoms with E-state index in [4.69, 9.17) is 10.5 Å². The number of ether oxygens (including phenoxy) is 1. The van der Waals surface area contributed by atoms with Crippen molar-refractivity contribution in [2.75, 3.05) is 0 Å². The van der Waals surface area contributed by atoms with Gasteiger partial charge in [0, 0.05) is 29.2 Å². The Morgan fingerprint density at radius 2 is 1.56 bits per heavy atom. The lowest BCUT2D eigenvalue weighted by Crippen LogP contribution is -1.97. The van der Waals surface area contributed by atoms with Gasteiger partial charge >= 0.3 is 0 Å². The topological polar surface area (TPSA) is 35.2 Å². The number of hydrogen-bond donors (Lipinski definition) is 1. The van der Waals surface area contributed by atoms with Gasteiger partial charge in [0.15, 0.2) is 0 Å². The Kier molecular flexibility index (Phi) is 3.93. The molecule has 2 rings (SSSR count). The Bertz CT molecular complexity index is 555. The molecule has 0 aliphatic rings. The molecule has 0 amide bonds. The summed E-state index contributed by atoms with van der Waals surface area (Å²) in [6, 6.07) is 8.28. The molecule has 0 saturated heterocycles. The van der Waals surface area contributed by atoms with Crippen molar-refractivity contribution in [3.05, 3.63) is 58.1 Å². The second kappa shape index (κ2) is 5.46. The van der Waals surface area contributed by atoms with Gasteiger partial charge in [-0.3, -0.25) is 0 Å². The van der Waals surface area contributed by atoms with Crippen molar-refractivity contribution >= 4 is 15.9 Å². The molecule has 2 aromatic carbocycles. The average molecular weight is 314 g/mol. The van der Waals surface area contributed by atoms with Crippen molar-refractivity contribution < 1.29 is 13.5 Å². The smallest absolute Gasteiger partial charge is 0.133 e. The van der Waals surface area contributed by atoms with Crippen molar-refractivity contribution in [1.82, 2.24) is 0 Å². The van der Waals surface area contributed by atoms with Crippen molar-refractivity contribution in [3.63, 3.8) is 0 Å². The van der Waals surface area contributed by atoms with Gasteiger partial charge in [0.25, 0.3) is 0 Å². The van der Waals surface area contributed by atoms with Crippen LogP contribution < -0.4 is 10.5 Å². The SMILES string of the molecule is NCc1cc(Br)cc(Oc2cc(F)cc(F)c2)c1. The summed E-state index contributed by atoms with van der Waals surface area (Å²) in [4.78, 5) is 0. The third kappa shape index (κ3) is 3.27. The summed E-state index contributed by atoms with van der Waals surface area (Å²) in [5.74, 6) is -0.790. The van der Waals surface area contributed by atoms with Gasteiger partial charge in [0.2, 0.25) is 0 Å². The van der Waals surface area contributed by atoms with Gasteiger partial charge in [-0.2, -0.15) is 0 Å². The number of hydrogen-bond acceptors (Lipinski definition) is 2. The third-order valence-corrected chi connectivity index (χ3v) is 2.70. The Morgan fingerprint density at radius 1 is 0.944 bits per heavy atom. The predicted octanol–water partition coefficient (Wildman–Crippen LogP) is 3.98. The van der Waals surface area contributed by atoms with E-state index in [1.807, 2.05) is 6.07 Å². The van der Waals surface area contributed by atoms with E-state index in [9.17, 15) is 8.78 Å². The molecule has 2 nitrogen and oxygen atoms in total. The van der Waals surface area contributed by atoms with Crippen LogP contribution in [0.15, 0.2) is 40.9 Å². The van der Waals surface area contributed by atoms with E-state index >= 15 is 0 Å². The second-order valence-electron chi connectivity index (χ2n) is 3.71.